The van der Waals surface area contributed by atoms with E-state index >= 15 is 0 Å². The van der Waals surface area contributed by atoms with Crippen molar-refractivity contribution in [1.29, 1.82) is 0 Å². The quantitative estimate of drug-likeness (QED) is 0.359. The Kier molecular flexibility index (Phi) is 9.06. The van der Waals surface area contributed by atoms with Gasteiger partial charge in [0.15, 0.2) is 5.82 Å². The van der Waals surface area contributed by atoms with Crippen molar-refractivity contribution < 1.29 is 14.1 Å². The molecule has 9 nitrogen and oxygen atoms in total. The summed E-state index contributed by atoms with van der Waals surface area (Å²) in [5, 5.41) is 15.5. The van der Waals surface area contributed by atoms with Crippen molar-refractivity contribution in [3.63, 3.8) is 0 Å². The summed E-state index contributed by atoms with van der Waals surface area (Å²) in [4.78, 5) is 29.2. The summed E-state index contributed by atoms with van der Waals surface area (Å²) in [6.07, 6.45) is 5.13. The molecule has 10 heteroatoms. The number of benzene rings is 1. The molecule has 2 aromatic heterocycles. The lowest BCUT2D eigenvalue weighted by atomic mass is 9.91. The van der Waals surface area contributed by atoms with Gasteiger partial charge < -0.3 is 20.5 Å². The highest BCUT2D eigenvalue weighted by Gasteiger charge is 2.20. The molecule has 4 rings (SSSR count). The Hall–Kier alpha value is -3.43. The number of piperidine rings is 1. The minimum absolute atomic E-state index is 0. The molecule has 3 aromatic rings. The molecule has 1 fully saturated rings. The van der Waals surface area contributed by atoms with Gasteiger partial charge in [-0.3, -0.25) is 15.1 Å². The lowest BCUT2D eigenvalue weighted by Crippen LogP contribution is -2.28. The molecule has 1 aliphatic heterocycles. The van der Waals surface area contributed by atoms with Crippen LogP contribution in [0.5, 0.6) is 0 Å². The van der Waals surface area contributed by atoms with Crippen LogP contribution in [0.25, 0.3) is 0 Å². The first-order valence-corrected chi connectivity index (χ1v) is 11.9. The van der Waals surface area contributed by atoms with Gasteiger partial charge in [-0.1, -0.05) is 32.0 Å². The van der Waals surface area contributed by atoms with Gasteiger partial charge in [0, 0.05) is 29.1 Å². The molecule has 1 saturated heterocycles. The summed E-state index contributed by atoms with van der Waals surface area (Å²) in [6, 6.07) is 11.8. The van der Waals surface area contributed by atoms with E-state index < -0.39 is 6.03 Å². The summed E-state index contributed by atoms with van der Waals surface area (Å²) in [7, 11) is 0. The van der Waals surface area contributed by atoms with Crippen LogP contribution in [0.15, 0.2) is 53.2 Å². The maximum atomic E-state index is 12.6. The monoisotopic (exact) mass is 512 g/mol. The Bertz CT molecular complexity index is 1150. The van der Waals surface area contributed by atoms with Gasteiger partial charge in [-0.15, -0.1) is 12.4 Å². The van der Waals surface area contributed by atoms with Crippen molar-refractivity contribution in [3.8, 4) is 0 Å². The van der Waals surface area contributed by atoms with E-state index in [0.717, 1.165) is 25.1 Å². The number of pyridine rings is 1. The third-order valence-electron chi connectivity index (χ3n) is 5.93. The number of hydrogen-bond acceptors (Lipinski definition) is 6. The Morgan fingerprint density at radius 2 is 1.67 bits per heavy atom. The van der Waals surface area contributed by atoms with Gasteiger partial charge in [-0.05, 0) is 74.2 Å². The third-order valence-corrected chi connectivity index (χ3v) is 5.93. The van der Waals surface area contributed by atoms with Gasteiger partial charge in [0.1, 0.15) is 11.5 Å². The van der Waals surface area contributed by atoms with Crippen LogP contribution in [0, 0.1) is 5.92 Å². The normalized spacial score (nSPS) is 14.0. The predicted molar refractivity (Wildman–Crippen MR) is 143 cm³/mol. The maximum Gasteiger partial charge on any atom is 0.324 e. The highest BCUT2D eigenvalue weighted by molar-refractivity contribution is 6.03. The number of anilines is 3. The summed E-state index contributed by atoms with van der Waals surface area (Å²) < 4.78 is 5.27. The van der Waals surface area contributed by atoms with Crippen molar-refractivity contribution in [2.75, 3.05) is 29.0 Å². The number of urea groups is 1. The minimum atomic E-state index is -0.440. The highest BCUT2D eigenvalue weighted by Crippen LogP contribution is 2.24. The molecule has 36 heavy (non-hydrogen) atoms. The number of carbonyl (C=O) groups is 2. The summed E-state index contributed by atoms with van der Waals surface area (Å²) >= 11 is 0. The Morgan fingerprint density at radius 3 is 2.25 bits per heavy atom. The van der Waals surface area contributed by atoms with Crippen LogP contribution in [0.2, 0.25) is 0 Å². The molecule has 0 aliphatic carbocycles. The summed E-state index contributed by atoms with van der Waals surface area (Å²) in [6.45, 7) is 8.13. The fourth-order valence-electron chi connectivity index (χ4n) is 3.90. The fraction of sp³-hybridized carbons (Fsp3) is 0.385. The van der Waals surface area contributed by atoms with Crippen molar-refractivity contribution >= 4 is 41.5 Å². The second-order valence-electron chi connectivity index (χ2n) is 9.89. The molecule has 3 heterocycles. The van der Waals surface area contributed by atoms with Crippen LogP contribution in [-0.2, 0) is 11.8 Å². The number of nitrogens with one attached hydrogen (secondary N) is 4. The highest BCUT2D eigenvalue weighted by atomic mass is 35.5. The number of amides is 3. The molecular formula is C26H33ClN6O3. The zero-order valence-corrected chi connectivity index (χ0v) is 21.6. The Balaban J connectivity index is 0.00000361. The maximum absolute atomic E-state index is 12.6. The number of nitrogens with zero attached hydrogens (tertiary/aromatic N) is 2. The molecule has 0 radical (unpaired) electrons. The average molecular weight is 513 g/mol. The van der Waals surface area contributed by atoms with Crippen molar-refractivity contribution in [2.24, 2.45) is 5.92 Å². The standard InChI is InChI=1S/C26H32N6O3.ClH/c1-26(2,3)22-15-23(32-35-22)31-25(34)30-20-7-5-19(6-8-20)29-24(33)21-9-4-18(16-28-21)14-17-10-12-27-13-11-17;/h4-9,15-17,27H,10-14H2,1-3H3,(H,29,33)(H2,30,31,32,34);1H. The second-order valence-corrected chi connectivity index (χ2v) is 9.89. The van der Waals surface area contributed by atoms with Crippen molar-refractivity contribution in [1.82, 2.24) is 15.5 Å². The van der Waals surface area contributed by atoms with Crippen molar-refractivity contribution in [3.05, 3.63) is 65.7 Å². The molecule has 0 atom stereocenters. The molecule has 1 aromatic carbocycles. The van der Waals surface area contributed by atoms with E-state index in [4.69, 9.17) is 4.52 Å². The molecule has 0 unspecified atom stereocenters. The largest absolute Gasteiger partial charge is 0.359 e. The van der Waals surface area contributed by atoms with Gasteiger partial charge >= 0.3 is 6.03 Å². The van der Waals surface area contributed by atoms with E-state index in [-0.39, 0.29) is 23.7 Å². The number of carbonyl (C=O) groups excluding carboxylic acids is 2. The summed E-state index contributed by atoms with van der Waals surface area (Å²) in [5.74, 6) is 1.41. The first-order chi connectivity index (χ1) is 16.8. The molecule has 0 saturated carbocycles. The predicted octanol–water partition coefficient (Wildman–Crippen LogP) is 5.23. The fourth-order valence-corrected chi connectivity index (χ4v) is 3.90. The van der Waals surface area contributed by atoms with Crippen LogP contribution >= 0.6 is 12.4 Å². The lowest BCUT2D eigenvalue weighted by Gasteiger charge is -2.22. The van der Waals surface area contributed by atoms with Gasteiger partial charge in [0.05, 0.1) is 0 Å². The second kappa shape index (κ2) is 12.0. The Morgan fingerprint density at radius 1 is 1.00 bits per heavy atom. The molecule has 192 valence electrons. The number of rotatable bonds is 6. The van der Waals surface area contributed by atoms with Crippen LogP contribution in [0.4, 0.5) is 22.0 Å². The van der Waals surface area contributed by atoms with E-state index in [9.17, 15) is 9.59 Å². The van der Waals surface area contributed by atoms with E-state index in [0.29, 0.717) is 34.6 Å². The van der Waals surface area contributed by atoms with E-state index in [1.807, 2.05) is 26.8 Å². The molecule has 3 amide bonds. The first kappa shape index (κ1) is 27.2. The van der Waals surface area contributed by atoms with E-state index in [1.165, 1.54) is 12.8 Å². The molecule has 4 N–H and O–H groups in total. The number of aromatic nitrogens is 2. The van der Waals surface area contributed by atoms with Crippen molar-refractivity contribution in [2.45, 2.75) is 45.4 Å². The Labute approximate surface area is 217 Å². The molecular weight excluding hydrogens is 480 g/mol. The number of hydrogen-bond donors (Lipinski definition) is 4. The van der Waals surface area contributed by atoms with Crippen LogP contribution in [-0.4, -0.2) is 35.2 Å². The SMILES string of the molecule is CC(C)(C)c1cc(NC(=O)Nc2ccc(NC(=O)c3ccc(CC4CCNCC4)cn3)cc2)no1.Cl. The van der Waals surface area contributed by atoms with Gasteiger partial charge in [-0.2, -0.15) is 0 Å². The minimum Gasteiger partial charge on any atom is -0.359 e. The molecule has 0 spiro atoms. The van der Waals surface area contributed by atoms with Gasteiger partial charge in [0.25, 0.3) is 5.91 Å². The van der Waals surface area contributed by atoms with Gasteiger partial charge in [0.2, 0.25) is 0 Å². The van der Waals surface area contributed by atoms with Gasteiger partial charge in [-0.25, -0.2) is 4.79 Å². The smallest absolute Gasteiger partial charge is 0.324 e. The third kappa shape index (κ3) is 7.53. The zero-order chi connectivity index (χ0) is 24.8. The topological polar surface area (TPSA) is 121 Å². The number of halogens is 1. The lowest BCUT2D eigenvalue weighted by molar-refractivity contribution is 0.102. The average Bonchev–Trinajstić information content (AvgIpc) is 3.30. The van der Waals surface area contributed by atoms with Crippen LogP contribution in [0.3, 0.4) is 0 Å². The molecule has 1 aliphatic rings. The summed E-state index contributed by atoms with van der Waals surface area (Å²) in [5.41, 5.74) is 2.49. The molecule has 0 bridgehead atoms. The first-order valence-electron chi connectivity index (χ1n) is 11.9. The van der Waals surface area contributed by atoms with E-state index in [1.54, 1.807) is 42.6 Å². The zero-order valence-electron chi connectivity index (χ0n) is 20.8. The van der Waals surface area contributed by atoms with E-state index in [2.05, 4.69) is 31.4 Å². The van der Waals surface area contributed by atoms with Crippen LogP contribution in [0.1, 0.15) is 55.4 Å². The van der Waals surface area contributed by atoms with Crippen LogP contribution < -0.4 is 21.3 Å².